The largest absolute Gasteiger partial charge is 0.369 e. The highest BCUT2D eigenvalue weighted by Crippen LogP contribution is 2.28. The molecule has 0 aromatic rings. The molecule has 5 nitrogen and oxygen atoms in total. The van der Waals surface area contributed by atoms with Crippen LogP contribution in [0.3, 0.4) is 0 Å². The Morgan fingerprint density at radius 3 is 2.53 bits per heavy atom. The minimum absolute atomic E-state index is 0.0329. The molecule has 1 aliphatic rings. The van der Waals surface area contributed by atoms with E-state index >= 15 is 0 Å². The van der Waals surface area contributed by atoms with E-state index in [2.05, 4.69) is 18.8 Å². The van der Waals surface area contributed by atoms with Crippen molar-refractivity contribution >= 4 is 11.9 Å². The Bertz CT molecular complexity index is 324. The lowest BCUT2D eigenvalue weighted by Crippen LogP contribution is -2.46. The van der Waals surface area contributed by atoms with Crippen LogP contribution in [-0.4, -0.2) is 54.4 Å². The van der Waals surface area contributed by atoms with Crippen molar-refractivity contribution in [3.05, 3.63) is 0 Å². The van der Waals surface area contributed by atoms with Crippen molar-refractivity contribution in [2.45, 2.75) is 32.7 Å². The van der Waals surface area contributed by atoms with Crippen LogP contribution in [0, 0.1) is 5.92 Å². The van der Waals surface area contributed by atoms with Crippen molar-refractivity contribution in [1.82, 2.24) is 9.80 Å². The number of likely N-dealkylation sites (N-methyl/N-ethyl adjacent to an activating group) is 1. The minimum atomic E-state index is -0.662. The molecule has 1 aliphatic heterocycles. The lowest BCUT2D eigenvalue weighted by atomic mass is 9.91. The zero-order valence-electron chi connectivity index (χ0n) is 11.5. The van der Waals surface area contributed by atoms with E-state index in [1.54, 1.807) is 4.90 Å². The van der Waals surface area contributed by atoms with Crippen molar-refractivity contribution < 1.29 is 4.79 Å². The number of amides is 1. The van der Waals surface area contributed by atoms with Gasteiger partial charge in [0.2, 0.25) is 0 Å². The number of carbonyl (C=O) groups excluding carboxylic acids is 1. The first kappa shape index (κ1) is 14.0. The van der Waals surface area contributed by atoms with E-state index < -0.39 is 5.54 Å². The smallest absolute Gasteiger partial charge is 0.257 e. The molecule has 5 heteroatoms. The number of carbonyl (C=O) groups is 1. The third-order valence-corrected chi connectivity index (χ3v) is 2.92. The molecule has 0 saturated heterocycles. The summed E-state index contributed by atoms with van der Waals surface area (Å²) in [5.74, 6) is 0.819. The van der Waals surface area contributed by atoms with Crippen molar-refractivity contribution in [1.29, 1.82) is 0 Å². The first-order valence-electron chi connectivity index (χ1n) is 6.08. The third-order valence-electron chi connectivity index (χ3n) is 2.92. The van der Waals surface area contributed by atoms with E-state index in [0.29, 0.717) is 18.4 Å². The summed E-state index contributed by atoms with van der Waals surface area (Å²) in [6.45, 7) is 7.45. The molecule has 17 heavy (non-hydrogen) atoms. The topological polar surface area (TPSA) is 61.9 Å². The quantitative estimate of drug-likeness (QED) is 0.761. The second-order valence-electron chi connectivity index (χ2n) is 5.60. The number of nitrogens with two attached hydrogens (primary N) is 1. The fourth-order valence-corrected chi connectivity index (χ4v) is 2.20. The second kappa shape index (κ2) is 5.04. The average Bonchev–Trinajstić information content (AvgIpc) is 2.34. The molecule has 98 valence electrons. The fourth-order valence-electron chi connectivity index (χ4n) is 2.20. The lowest BCUT2D eigenvalue weighted by Gasteiger charge is -2.24. The SMILES string of the molecule is CC(C)CC1(C)N=C(N)N(CCN(C)C)C1=O. The van der Waals surface area contributed by atoms with Crippen LogP contribution in [0.2, 0.25) is 0 Å². The Labute approximate surface area is 104 Å². The van der Waals surface area contributed by atoms with Crippen LogP contribution < -0.4 is 5.73 Å². The van der Waals surface area contributed by atoms with Gasteiger partial charge in [-0.3, -0.25) is 9.69 Å². The zero-order chi connectivity index (χ0) is 13.2. The van der Waals surface area contributed by atoms with Gasteiger partial charge in [0.1, 0.15) is 5.54 Å². The van der Waals surface area contributed by atoms with Gasteiger partial charge in [0.05, 0.1) is 0 Å². The van der Waals surface area contributed by atoms with Crippen LogP contribution >= 0.6 is 0 Å². The number of nitrogens with zero attached hydrogens (tertiary/aromatic N) is 3. The summed E-state index contributed by atoms with van der Waals surface area (Å²) in [6.07, 6.45) is 0.741. The molecule has 0 aromatic heterocycles. The molecule has 0 aliphatic carbocycles. The molecule has 0 fully saturated rings. The number of aliphatic imine (C=N–C) groups is 1. The Morgan fingerprint density at radius 2 is 2.06 bits per heavy atom. The van der Waals surface area contributed by atoms with Crippen molar-refractivity contribution in [2.75, 3.05) is 27.2 Å². The average molecular weight is 240 g/mol. The Kier molecular flexibility index (Phi) is 4.14. The van der Waals surface area contributed by atoms with Crippen molar-refractivity contribution in [3.8, 4) is 0 Å². The minimum Gasteiger partial charge on any atom is -0.369 e. The summed E-state index contributed by atoms with van der Waals surface area (Å²) in [6, 6.07) is 0. The third kappa shape index (κ3) is 3.19. The standard InChI is InChI=1S/C12H24N4O/c1-9(2)8-12(3)10(17)16(11(13)14-12)7-6-15(4)5/h9H,6-8H2,1-5H3,(H2,13,14). The van der Waals surface area contributed by atoms with Gasteiger partial charge in [0.15, 0.2) is 5.96 Å². The van der Waals surface area contributed by atoms with Gasteiger partial charge in [-0.2, -0.15) is 0 Å². The van der Waals surface area contributed by atoms with Crippen LogP contribution in [0.5, 0.6) is 0 Å². The van der Waals surface area contributed by atoms with E-state index in [1.807, 2.05) is 25.9 Å². The maximum Gasteiger partial charge on any atom is 0.257 e. The van der Waals surface area contributed by atoms with Gasteiger partial charge in [0.25, 0.3) is 5.91 Å². The molecule has 1 unspecified atom stereocenters. The van der Waals surface area contributed by atoms with Gasteiger partial charge in [0, 0.05) is 13.1 Å². The number of guanidine groups is 1. The Morgan fingerprint density at radius 1 is 1.47 bits per heavy atom. The molecule has 0 bridgehead atoms. The molecule has 1 heterocycles. The maximum atomic E-state index is 12.3. The molecule has 0 radical (unpaired) electrons. The summed E-state index contributed by atoms with van der Waals surface area (Å²) in [5, 5.41) is 0. The first-order chi connectivity index (χ1) is 7.76. The van der Waals surface area contributed by atoms with E-state index in [1.165, 1.54) is 0 Å². The summed E-state index contributed by atoms with van der Waals surface area (Å²) in [5.41, 5.74) is 5.18. The van der Waals surface area contributed by atoms with Gasteiger partial charge in [-0.05, 0) is 33.4 Å². The molecular weight excluding hydrogens is 216 g/mol. The number of hydrogen-bond donors (Lipinski definition) is 1. The van der Waals surface area contributed by atoms with Crippen LogP contribution in [-0.2, 0) is 4.79 Å². The van der Waals surface area contributed by atoms with Crippen LogP contribution in [0.1, 0.15) is 27.2 Å². The van der Waals surface area contributed by atoms with E-state index in [-0.39, 0.29) is 5.91 Å². The monoisotopic (exact) mass is 240 g/mol. The summed E-state index contributed by atoms with van der Waals surface area (Å²) in [7, 11) is 3.95. The van der Waals surface area contributed by atoms with Crippen LogP contribution in [0.25, 0.3) is 0 Å². The van der Waals surface area contributed by atoms with Gasteiger partial charge < -0.3 is 10.6 Å². The normalized spacial score (nSPS) is 25.0. The van der Waals surface area contributed by atoms with Gasteiger partial charge in [-0.25, -0.2) is 4.99 Å². The Hall–Kier alpha value is -1.10. The van der Waals surface area contributed by atoms with Gasteiger partial charge in [-0.1, -0.05) is 13.8 Å². The molecule has 0 saturated carbocycles. The van der Waals surface area contributed by atoms with Crippen molar-refractivity contribution in [2.24, 2.45) is 16.6 Å². The molecule has 0 aromatic carbocycles. The van der Waals surface area contributed by atoms with E-state index in [0.717, 1.165) is 13.0 Å². The lowest BCUT2D eigenvalue weighted by molar-refractivity contribution is -0.131. The van der Waals surface area contributed by atoms with E-state index in [4.69, 9.17) is 5.73 Å². The van der Waals surface area contributed by atoms with Crippen LogP contribution in [0.4, 0.5) is 0 Å². The summed E-state index contributed by atoms with van der Waals surface area (Å²) < 4.78 is 0. The molecule has 2 N–H and O–H groups in total. The first-order valence-corrected chi connectivity index (χ1v) is 6.08. The van der Waals surface area contributed by atoms with Gasteiger partial charge >= 0.3 is 0 Å². The molecule has 1 amide bonds. The summed E-state index contributed by atoms with van der Waals surface area (Å²) >= 11 is 0. The molecule has 1 rings (SSSR count). The van der Waals surface area contributed by atoms with E-state index in [9.17, 15) is 4.79 Å². The number of rotatable bonds is 5. The number of hydrogen-bond acceptors (Lipinski definition) is 4. The zero-order valence-corrected chi connectivity index (χ0v) is 11.5. The highest BCUT2D eigenvalue weighted by molar-refractivity contribution is 6.06. The Balaban J connectivity index is 2.73. The predicted molar refractivity (Wildman–Crippen MR) is 69.7 cm³/mol. The van der Waals surface area contributed by atoms with Crippen molar-refractivity contribution in [3.63, 3.8) is 0 Å². The molecule has 0 spiro atoms. The fraction of sp³-hybridized carbons (Fsp3) is 0.833. The summed E-state index contributed by atoms with van der Waals surface area (Å²) in [4.78, 5) is 20.3. The molecular formula is C12H24N4O. The highest BCUT2D eigenvalue weighted by atomic mass is 16.2. The predicted octanol–water partition coefficient (Wildman–Crippen LogP) is 0.510. The molecule has 1 atom stereocenters. The maximum absolute atomic E-state index is 12.3. The second-order valence-corrected chi connectivity index (χ2v) is 5.60. The van der Waals surface area contributed by atoms with Crippen LogP contribution in [0.15, 0.2) is 4.99 Å². The highest BCUT2D eigenvalue weighted by Gasteiger charge is 2.43. The van der Waals surface area contributed by atoms with Gasteiger partial charge in [-0.15, -0.1) is 0 Å².